The molecule has 0 bridgehead atoms. The third-order valence-electron chi connectivity index (χ3n) is 4.86. The smallest absolute Gasteiger partial charge is 0.331 e. The van der Waals surface area contributed by atoms with E-state index in [1.165, 1.54) is 0 Å². The van der Waals surface area contributed by atoms with Crippen molar-refractivity contribution in [2.24, 2.45) is 5.18 Å². The zero-order valence-corrected chi connectivity index (χ0v) is 16.5. The molecule has 0 spiro atoms. The van der Waals surface area contributed by atoms with Crippen LogP contribution in [0.1, 0.15) is 58.8 Å². The molecular formula is C17H32N3O4S+. The number of likely N-dealkylation sites (tertiary alicyclic amines) is 1. The quantitative estimate of drug-likeness (QED) is 0.202. The molecule has 1 aliphatic heterocycles. The van der Waals surface area contributed by atoms with Crippen molar-refractivity contribution in [3.63, 3.8) is 0 Å². The minimum absolute atomic E-state index is 0.191. The Labute approximate surface area is 156 Å². The molecule has 1 aliphatic rings. The van der Waals surface area contributed by atoms with Crippen LogP contribution in [0.15, 0.2) is 5.18 Å². The van der Waals surface area contributed by atoms with Crippen LogP contribution in [0.2, 0.25) is 0 Å². The first-order valence-corrected chi connectivity index (χ1v) is 9.58. The fourth-order valence-electron chi connectivity index (χ4n) is 3.12. The average Bonchev–Trinajstić information content (AvgIpc) is 2.58. The molecule has 144 valence electrons. The van der Waals surface area contributed by atoms with Gasteiger partial charge in [0.2, 0.25) is 5.91 Å². The number of hydrogen-bond donors (Lipinski definition) is 2. The van der Waals surface area contributed by atoms with E-state index in [9.17, 15) is 14.5 Å². The maximum Gasteiger partial charge on any atom is 0.331 e. The highest BCUT2D eigenvalue weighted by Gasteiger charge is 2.51. The van der Waals surface area contributed by atoms with Gasteiger partial charge in [0.1, 0.15) is 5.54 Å². The second-order valence-corrected chi connectivity index (χ2v) is 8.01. The summed E-state index contributed by atoms with van der Waals surface area (Å²) < 4.78 is 5.57. The lowest BCUT2D eigenvalue weighted by Gasteiger charge is -2.41. The number of piperidine rings is 1. The Morgan fingerprint density at radius 2 is 1.88 bits per heavy atom. The Hall–Kier alpha value is -1.15. The Bertz CT molecular complexity index is 461. The lowest BCUT2D eigenvalue weighted by Crippen LogP contribution is -2.61. The molecule has 1 saturated heterocycles. The van der Waals surface area contributed by atoms with Crippen molar-refractivity contribution in [3.8, 4) is 0 Å². The second kappa shape index (κ2) is 10.1. The van der Waals surface area contributed by atoms with Gasteiger partial charge in [-0.25, -0.2) is 4.79 Å². The summed E-state index contributed by atoms with van der Waals surface area (Å²) in [5.74, 6) is -0.815. The number of ether oxygens (including phenoxy) is 1. The number of hydrogen-bond acceptors (Lipinski definition) is 6. The summed E-state index contributed by atoms with van der Waals surface area (Å²) in [6.45, 7) is 5.18. The van der Waals surface area contributed by atoms with Crippen LogP contribution in [-0.4, -0.2) is 54.1 Å². The van der Waals surface area contributed by atoms with Gasteiger partial charge in [-0.05, 0) is 13.3 Å². The number of carbonyl (C=O) groups is 2. The molecule has 1 amide bonds. The molecule has 8 heteroatoms. The Kier molecular flexibility index (Phi) is 8.85. The highest BCUT2D eigenvalue weighted by Crippen LogP contribution is 2.34. The van der Waals surface area contributed by atoms with Crippen LogP contribution in [0.4, 0.5) is 0 Å². The predicted octanol–water partition coefficient (Wildman–Crippen LogP) is 2.60. The largest absolute Gasteiger partial charge is 0.464 e. The molecule has 1 fully saturated rings. The van der Waals surface area contributed by atoms with Crippen LogP contribution in [0, 0.1) is 4.91 Å². The minimum atomic E-state index is -1.16. The van der Waals surface area contributed by atoms with Crippen LogP contribution in [-0.2, 0) is 14.3 Å². The van der Waals surface area contributed by atoms with Gasteiger partial charge in [-0.1, -0.05) is 31.4 Å². The molecule has 0 aromatic rings. The molecule has 25 heavy (non-hydrogen) atoms. The number of rotatable bonds is 10. The van der Waals surface area contributed by atoms with Gasteiger partial charge in [0.05, 0.1) is 39.6 Å². The maximum atomic E-state index is 12.4. The van der Waals surface area contributed by atoms with Crippen LogP contribution < -0.4 is 5.32 Å². The first-order valence-electron chi connectivity index (χ1n) is 9.18. The van der Waals surface area contributed by atoms with E-state index in [0.717, 1.165) is 25.7 Å². The molecule has 1 rings (SSSR count). The van der Waals surface area contributed by atoms with E-state index >= 15 is 0 Å². The molecule has 0 saturated carbocycles. The molecular weight excluding hydrogens is 342 g/mol. The van der Waals surface area contributed by atoms with E-state index in [1.54, 1.807) is 6.92 Å². The van der Waals surface area contributed by atoms with E-state index in [4.69, 9.17) is 4.74 Å². The van der Waals surface area contributed by atoms with Crippen molar-refractivity contribution < 1.29 is 18.2 Å². The van der Waals surface area contributed by atoms with Crippen LogP contribution in [0.25, 0.3) is 0 Å². The van der Waals surface area contributed by atoms with Crippen molar-refractivity contribution in [3.05, 3.63) is 4.91 Å². The van der Waals surface area contributed by atoms with Crippen molar-refractivity contribution >= 4 is 24.7 Å². The van der Waals surface area contributed by atoms with Gasteiger partial charge in [-0.15, -0.1) is 0 Å². The Morgan fingerprint density at radius 1 is 1.24 bits per heavy atom. The molecule has 7 nitrogen and oxygen atoms in total. The van der Waals surface area contributed by atoms with Gasteiger partial charge < -0.3 is 10.1 Å². The van der Waals surface area contributed by atoms with Crippen LogP contribution in [0.3, 0.4) is 0 Å². The zero-order chi connectivity index (χ0) is 18.9. The summed E-state index contributed by atoms with van der Waals surface area (Å²) in [6, 6.07) is -1.03. The molecule has 1 heterocycles. The number of carbonyl (C=O) groups excluding carboxylic acids is 2. The molecule has 0 radical (unpaired) electrons. The van der Waals surface area contributed by atoms with Gasteiger partial charge in [0.15, 0.2) is 6.04 Å². The van der Waals surface area contributed by atoms with Gasteiger partial charge in [0, 0.05) is 19.3 Å². The summed E-state index contributed by atoms with van der Waals surface area (Å²) in [5, 5.41) is 6.03. The van der Waals surface area contributed by atoms with Crippen LogP contribution in [0.5, 0.6) is 0 Å². The minimum Gasteiger partial charge on any atom is -0.464 e. The number of nitroso groups, excluding NO2 is 1. The number of nitrogens with one attached hydrogen (secondary N) is 1. The SMILES string of the molecule is CCCCCCC(=O)NC(C(=O)OCC)C1(N=O)CC[N+](C)(S)CC1. The number of quaternary nitrogens is 1. The molecule has 1 atom stereocenters. The van der Waals surface area contributed by atoms with Gasteiger partial charge in [0.25, 0.3) is 0 Å². The van der Waals surface area contributed by atoms with E-state index in [2.05, 4.69) is 30.2 Å². The fraction of sp³-hybridized carbons (Fsp3) is 0.882. The second-order valence-electron chi connectivity index (χ2n) is 7.04. The Balaban J connectivity index is 2.82. The standard InChI is InChI=1S/C17H31N3O4S/c1-4-6-7-8-9-14(21)18-15(16(22)24-5-2)17(19-23)10-12-20(3,25)13-11-17/h15,25H,4-13H2,1-3H3/p+1. The number of amides is 1. The van der Waals surface area contributed by atoms with Gasteiger partial charge in [-0.2, -0.15) is 4.91 Å². The number of esters is 1. The third kappa shape index (κ3) is 6.58. The van der Waals surface area contributed by atoms with Crippen molar-refractivity contribution in [2.75, 3.05) is 26.7 Å². The number of nitrogens with zero attached hydrogens (tertiary/aromatic N) is 2. The lowest BCUT2D eigenvalue weighted by molar-refractivity contribution is -0.778. The van der Waals surface area contributed by atoms with Crippen molar-refractivity contribution in [2.45, 2.75) is 70.4 Å². The van der Waals surface area contributed by atoms with Gasteiger partial charge >= 0.3 is 5.97 Å². The lowest BCUT2D eigenvalue weighted by atomic mass is 9.81. The number of unbranched alkanes of at least 4 members (excludes halogenated alkanes) is 3. The first kappa shape index (κ1) is 21.9. The zero-order valence-electron chi connectivity index (χ0n) is 15.6. The van der Waals surface area contributed by atoms with Crippen LogP contribution >= 0.6 is 12.8 Å². The number of thiol groups is 1. The third-order valence-corrected chi connectivity index (χ3v) is 5.26. The van der Waals surface area contributed by atoms with Gasteiger partial charge in [-0.3, -0.25) is 8.68 Å². The van der Waals surface area contributed by atoms with E-state index in [0.29, 0.717) is 36.2 Å². The highest BCUT2D eigenvalue weighted by molar-refractivity contribution is 7.74. The predicted molar refractivity (Wildman–Crippen MR) is 100.0 cm³/mol. The summed E-state index contributed by atoms with van der Waals surface area (Å²) in [7, 11) is 1.95. The normalized spacial score (nSPS) is 27.4. The molecule has 0 aliphatic carbocycles. The summed E-state index contributed by atoms with van der Waals surface area (Å²) in [6.07, 6.45) is 5.01. The monoisotopic (exact) mass is 374 g/mol. The topological polar surface area (TPSA) is 84.8 Å². The van der Waals surface area contributed by atoms with Crippen molar-refractivity contribution in [1.29, 1.82) is 0 Å². The summed E-state index contributed by atoms with van der Waals surface area (Å²) in [5.41, 5.74) is -1.16. The maximum absolute atomic E-state index is 12.4. The average molecular weight is 375 g/mol. The van der Waals surface area contributed by atoms with E-state index in [1.807, 2.05) is 7.05 Å². The highest BCUT2D eigenvalue weighted by atomic mass is 32.1. The fourth-order valence-corrected chi connectivity index (χ4v) is 3.32. The molecule has 1 N–H and O–H groups in total. The molecule has 1 unspecified atom stereocenters. The Morgan fingerprint density at radius 3 is 2.40 bits per heavy atom. The van der Waals surface area contributed by atoms with E-state index in [-0.39, 0.29) is 12.5 Å². The molecule has 0 aromatic heterocycles. The summed E-state index contributed by atoms with van der Waals surface area (Å²) >= 11 is 4.52. The summed E-state index contributed by atoms with van der Waals surface area (Å²) in [4.78, 5) is 36.4. The first-order chi connectivity index (χ1) is 11.8. The molecule has 0 aromatic carbocycles. The van der Waals surface area contributed by atoms with Crippen molar-refractivity contribution in [1.82, 2.24) is 5.32 Å². The van der Waals surface area contributed by atoms with E-state index < -0.39 is 17.6 Å².